The zero-order valence-electron chi connectivity index (χ0n) is 8.62. The molecule has 100 valence electrons. The van der Waals surface area contributed by atoms with Gasteiger partial charge in [0.15, 0.2) is 6.10 Å². The van der Waals surface area contributed by atoms with Crippen LogP contribution in [0.25, 0.3) is 0 Å². The van der Waals surface area contributed by atoms with E-state index in [9.17, 15) is 18.0 Å². The molecule has 1 aromatic rings. The van der Waals surface area contributed by atoms with Crippen LogP contribution in [-0.2, 0) is 9.53 Å². The summed E-state index contributed by atoms with van der Waals surface area (Å²) in [5.41, 5.74) is -0.186. The first-order valence-corrected chi connectivity index (χ1v) is 6.14. The van der Waals surface area contributed by atoms with Gasteiger partial charge in [0.2, 0.25) is 0 Å². The minimum Gasteiger partial charge on any atom is -0.478 e. The van der Waals surface area contributed by atoms with E-state index in [4.69, 9.17) is 5.11 Å². The quantitative estimate of drug-likeness (QED) is 0.793. The van der Waals surface area contributed by atoms with Crippen molar-refractivity contribution in [1.82, 2.24) is 0 Å². The largest absolute Gasteiger partial charge is 0.478 e. The van der Waals surface area contributed by atoms with Crippen LogP contribution in [0.15, 0.2) is 30.3 Å². The van der Waals surface area contributed by atoms with Crippen LogP contribution in [0.2, 0.25) is 0 Å². The lowest BCUT2D eigenvalue weighted by atomic mass is 10.1. The maximum absolute atomic E-state index is 12.8. The van der Waals surface area contributed by atoms with Crippen LogP contribution < -0.4 is 0 Å². The van der Waals surface area contributed by atoms with Crippen molar-refractivity contribution in [2.75, 3.05) is 0 Å². The summed E-state index contributed by atoms with van der Waals surface area (Å²) in [5.74, 6) is -1.62. The second-order valence-electron chi connectivity index (χ2n) is 3.27. The summed E-state index contributed by atoms with van der Waals surface area (Å²) in [7, 11) is 0. The van der Waals surface area contributed by atoms with Crippen molar-refractivity contribution in [3.8, 4) is 0 Å². The highest BCUT2D eigenvalue weighted by Gasteiger charge is 2.48. The van der Waals surface area contributed by atoms with Gasteiger partial charge < -0.3 is 9.84 Å². The Hall–Kier alpha value is -0.600. The summed E-state index contributed by atoms with van der Waals surface area (Å²) in [4.78, 5) is 10.7. The number of benzene rings is 1. The summed E-state index contributed by atoms with van der Waals surface area (Å²) < 4.78 is 40.8. The number of carboxylic acid groups (broad SMARTS) is 1. The Kier molecular flexibility index (Phi) is 4.79. The molecular formula is C10H7Br2F3O3. The fourth-order valence-electron chi connectivity index (χ4n) is 1.15. The first-order valence-electron chi connectivity index (χ1n) is 4.55. The zero-order chi connectivity index (χ0) is 14.0. The molecule has 8 heteroatoms. The van der Waals surface area contributed by atoms with Gasteiger partial charge in [0.1, 0.15) is 0 Å². The normalized spacial score (nSPS) is 14.3. The Morgan fingerprint density at radius 2 is 1.72 bits per heavy atom. The highest BCUT2D eigenvalue weighted by Crippen LogP contribution is 2.42. The van der Waals surface area contributed by atoms with Gasteiger partial charge in [-0.25, -0.2) is 4.79 Å². The van der Waals surface area contributed by atoms with Crippen molar-refractivity contribution in [2.24, 2.45) is 0 Å². The lowest BCUT2D eigenvalue weighted by Gasteiger charge is -2.26. The number of carboxylic acids is 1. The van der Waals surface area contributed by atoms with Crippen LogP contribution in [-0.4, -0.2) is 20.7 Å². The summed E-state index contributed by atoms with van der Waals surface area (Å²) in [6, 6.07) is 6.76. The molecule has 0 amide bonds. The minimum absolute atomic E-state index is 0.186. The second-order valence-corrected chi connectivity index (χ2v) is 6.57. The third-order valence-corrected chi connectivity index (χ3v) is 2.97. The van der Waals surface area contributed by atoms with Crippen molar-refractivity contribution in [3.63, 3.8) is 0 Å². The van der Waals surface area contributed by atoms with Gasteiger partial charge in [-0.2, -0.15) is 13.2 Å². The van der Waals surface area contributed by atoms with Crippen LogP contribution in [0.1, 0.15) is 11.7 Å². The maximum Gasteiger partial charge on any atom is 0.418 e. The fourth-order valence-corrected chi connectivity index (χ4v) is 1.52. The van der Waals surface area contributed by atoms with E-state index in [-0.39, 0.29) is 5.56 Å². The molecule has 0 heterocycles. The van der Waals surface area contributed by atoms with Gasteiger partial charge in [0.05, 0.1) is 0 Å². The SMILES string of the molecule is O=C(O)C(Br)(Br)OC(c1ccccc1)C(F)(F)F. The average molecular weight is 392 g/mol. The van der Waals surface area contributed by atoms with E-state index in [0.29, 0.717) is 0 Å². The van der Waals surface area contributed by atoms with E-state index in [1.165, 1.54) is 24.3 Å². The molecular weight excluding hydrogens is 385 g/mol. The number of carbonyl (C=O) groups is 1. The van der Waals surface area contributed by atoms with Gasteiger partial charge in [-0.15, -0.1) is 0 Å². The minimum atomic E-state index is -4.73. The summed E-state index contributed by atoms with van der Waals surface area (Å²) in [6.45, 7) is 0. The predicted octanol–water partition coefficient (Wildman–Crippen LogP) is 3.83. The number of aliphatic carboxylic acids is 1. The van der Waals surface area contributed by atoms with Gasteiger partial charge in [-0.05, 0) is 37.4 Å². The fraction of sp³-hybridized carbons (Fsp3) is 0.300. The Balaban J connectivity index is 3.06. The molecule has 0 fully saturated rings. The maximum atomic E-state index is 12.8. The molecule has 1 unspecified atom stereocenters. The molecule has 0 aliphatic heterocycles. The molecule has 3 nitrogen and oxygen atoms in total. The molecule has 0 aliphatic carbocycles. The van der Waals surface area contributed by atoms with Crippen molar-refractivity contribution in [3.05, 3.63) is 35.9 Å². The van der Waals surface area contributed by atoms with E-state index in [1.54, 1.807) is 6.07 Å². The van der Waals surface area contributed by atoms with E-state index in [1.807, 2.05) is 0 Å². The van der Waals surface area contributed by atoms with Crippen molar-refractivity contribution < 1.29 is 27.8 Å². The average Bonchev–Trinajstić information content (AvgIpc) is 2.25. The van der Waals surface area contributed by atoms with E-state index in [2.05, 4.69) is 36.6 Å². The molecule has 0 aliphatic rings. The van der Waals surface area contributed by atoms with Gasteiger partial charge in [-0.3, -0.25) is 0 Å². The number of hydrogen-bond donors (Lipinski definition) is 1. The van der Waals surface area contributed by atoms with Gasteiger partial charge >= 0.3 is 12.1 Å². The number of ether oxygens (including phenoxy) is 1. The summed E-state index contributed by atoms with van der Waals surface area (Å²) >= 11 is 5.06. The number of halogens is 5. The van der Waals surface area contributed by atoms with Crippen molar-refractivity contribution in [2.45, 2.75) is 15.7 Å². The molecule has 1 atom stereocenters. The number of hydrogen-bond acceptors (Lipinski definition) is 2. The molecule has 1 aromatic carbocycles. The van der Waals surface area contributed by atoms with Gasteiger partial charge in [-0.1, -0.05) is 30.3 Å². The zero-order valence-corrected chi connectivity index (χ0v) is 11.8. The topological polar surface area (TPSA) is 46.5 Å². The van der Waals surface area contributed by atoms with Crippen molar-refractivity contribution >= 4 is 37.8 Å². The summed E-state index contributed by atoms with van der Waals surface area (Å²) in [5, 5.41) is 8.72. The Bertz CT molecular complexity index is 420. The van der Waals surface area contributed by atoms with Crippen LogP contribution >= 0.6 is 31.9 Å². The second kappa shape index (κ2) is 5.58. The standard InChI is InChI=1S/C10H7Br2F3O3/c11-9(12,8(16)17)18-7(10(13,14)15)6-4-2-1-3-5-6/h1-5,7H,(H,16,17). The molecule has 0 saturated carbocycles. The third-order valence-electron chi connectivity index (χ3n) is 1.91. The highest BCUT2D eigenvalue weighted by molar-refractivity contribution is 9.25. The first-order chi connectivity index (χ1) is 8.14. The lowest BCUT2D eigenvalue weighted by molar-refractivity contribution is -0.231. The van der Waals surface area contributed by atoms with E-state index in [0.717, 1.165) is 0 Å². The van der Waals surface area contributed by atoms with Gasteiger partial charge in [0, 0.05) is 0 Å². The summed E-state index contributed by atoms with van der Waals surface area (Å²) in [6.07, 6.45) is -7.09. The molecule has 1 N–H and O–H groups in total. The monoisotopic (exact) mass is 390 g/mol. The van der Waals surface area contributed by atoms with Crippen molar-refractivity contribution in [1.29, 1.82) is 0 Å². The van der Waals surface area contributed by atoms with E-state index >= 15 is 0 Å². The molecule has 18 heavy (non-hydrogen) atoms. The number of alkyl halides is 5. The van der Waals surface area contributed by atoms with Crippen LogP contribution in [0.4, 0.5) is 13.2 Å². The van der Waals surface area contributed by atoms with Gasteiger partial charge in [0.25, 0.3) is 3.42 Å². The lowest BCUT2D eigenvalue weighted by Crippen LogP contribution is -2.35. The smallest absolute Gasteiger partial charge is 0.418 e. The predicted molar refractivity (Wildman–Crippen MR) is 64.5 cm³/mol. The van der Waals surface area contributed by atoms with E-state index < -0.39 is 21.7 Å². The number of rotatable bonds is 4. The van der Waals surface area contributed by atoms with Crippen LogP contribution in [0, 0.1) is 0 Å². The Morgan fingerprint density at radius 3 is 2.11 bits per heavy atom. The molecule has 0 radical (unpaired) electrons. The molecule has 0 bridgehead atoms. The molecule has 0 saturated heterocycles. The van der Waals surface area contributed by atoms with Crippen LogP contribution in [0.5, 0.6) is 0 Å². The molecule has 0 spiro atoms. The Morgan fingerprint density at radius 1 is 1.22 bits per heavy atom. The highest BCUT2D eigenvalue weighted by atomic mass is 79.9. The molecule has 1 rings (SSSR count). The van der Waals surface area contributed by atoms with Crippen LogP contribution in [0.3, 0.4) is 0 Å². The Labute approximate surface area is 117 Å². The first kappa shape index (κ1) is 15.5. The third kappa shape index (κ3) is 3.96. The molecule has 0 aromatic heterocycles.